The number of sulfone groups is 1. The van der Waals surface area contributed by atoms with Gasteiger partial charge in [0.25, 0.3) is 0 Å². The van der Waals surface area contributed by atoms with Crippen molar-refractivity contribution in [2.45, 2.75) is 22.5 Å². The minimum absolute atomic E-state index is 0.0406. The lowest BCUT2D eigenvalue weighted by Crippen LogP contribution is -2.50. The fourth-order valence-electron chi connectivity index (χ4n) is 2.29. The van der Waals surface area contributed by atoms with Crippen molar-refractivity contribution < 1.29 is 27.8 Å². The fraction of sp³-hybridized carbons (Fsp3) is 0.462. The summed E-state index contributed by atoms with van der Waals surface area (Å²) >= 11 is 0. The zero-order chi connectivity index (χ0) is 14.8. The second kappa shape index (κ2) is 5.41. The molecule has 20 heavy (non-hydrogen) atoms. The summed E-state index contributed by atoms with van der Waals surface area (Å²) in [6.07, 6.45) is -0.107. The molecule has 110 valence electrons. The molecule has 7 heteroatoms. The normalized spacial score (nSPS) is 18.4. The van der Waals surface area contributed by atoms with E-state index in [4.69, 9.17) is 9.47 Å². The Balaban J connectivity index is 2.53. The average molecular weight is 300 g/mol. The van der Waals surface area contributed by atoms with Crippen LogP contribution < -0.4 is 4.74 Å². The molecule has 1 heterocycles. The molecule has 2 rings (SSSR count). The van der Waals surface area contributed by atoms with E-state index in [9.17, 15) is 18.3 Å². The summed E-state index contributed by atoms with van der Waals surface area (Å²) < 4.78 is 33.7. The van der Waals surface area contributed by atoms with Gasteiger partial charge in [0.2, 0.25) is 0 Å². The molecule has 0 spiro atoms. The number of carbonyl (C=O) groups is 1. The number of benzene rings is 1. The highest BCUT2D eigenvalue weighted by Gasteiger charge is 2.52. The van der Waals surface area contributed by atoms with Crippen molar-refractivity contribution in [3.8, 4) is 5.75 Å². The number of methoxy groups -OCH3 is 1. The Bertz CT molecular complexity index is 601. The van der Waals surface area contributed by atoms with Gasteiger partial charge in [-0.25, -0.2) is 8.42 Å². The predicted octanol–water partition coefficient (Wildman–Crippen LogP) is 1.10. The van der Waals surface area contributed by atoms with Gasteiger partial charge in [-0.15, -0.1) is 0 Å². The molecule has 0 aliphatic carbocycles. The molecule has 0 bridgehead atoms. The van der Waals surface area contributed by atoms with Crippen LogP contribution in [0.1, 0.15) is 12.8 Å². The Hall–Kier alpha value is -1.60. The van der Waals surface area contributed by atoms with Crippen molar-refractivity contribution in [3.63, 3.8) is 0 Å². The lowest BCUT2D eigenvalue weighted by molar-refractivity contribution is -0.142. The Morgan fingerprint density at radius 3 is 2.55 bits per heavy atom. The highest BCUT2D eigenvalue weighted by atomic mass is 32.2. The molecule has 0 atom stereocenters. The molecular weight excluding hydrogens is 284 g/mol. The maximum Gasteiger partial charge on any atom is 0.325 e. The number of carboxylic acid groups (broad SMARTS) is 1. The Labute approximate surface area is 117 Å². The molecular formula is C13H16O6S. The number of ether oxygens (including phenoxy) is 2. The van der Waals surface area contributed by atoms with Crippen LogP contribution in [-0.2, 0) is 19.4 Å². The van der Waals surface area contributed by atoms with Gasteiger partial charge in [0.15, 0.2) is 14.6 Å². The van der Waals surface area contributed by atoms with Crippen LogP contribution in [0.4, 0.5) is 0 Å². The van der Waals surface area contributed by atoms with Gasteiger partial charge >= 0.3 is 5.97 Å². The van der Waals surface area contributed by atoms with E-state index in [-0.39, 0.29) is 31.0 Å². The summed E-state index contributed by atoms with van der Waals surface area (Å²) in [5, 5.41) is 9.45. The van der Waals surface area contributed by atoms with Crippen LogP contribution in [-0.4, -0.2) is 44.6 Å². The van der Waals surface area contributed by atoms with E-state index in [2.05, 4.69) is 0 Å². The molecule has 0 saturated carbocycles. The third kappa shape index (κ3) is 2.27. The monoisotopic (exact) mass is 300 g/mol. The van der Waals surface area contributed by atoms with Crippen LogP contribution in [0.15, 0.2) is 29.2 Å². The first-order valence-electron chi connectivity index (χ1n) is 6.14. The van der Waals surface area contributed by atoms with Crippen molar-refractivity contribution in [1.29, 1.82) is 0 Å². The lowest BCUT2D eigenvalue weighted by Gasteiger charge is -2.32. The molecule has 1 aliphatic rings. The van der Waals surface area contributed by atoms with Gasteiger partial charge in [0.05, 0.1) is 12.0 Å². The van der Waals surface area contributed by atoms with E-state index in [1.807, 2.05) is 0 Å². The number of aliphatic carboxylic acids is 1. The molecule has 1 aromatic rings. The largest absolute Gasteiger partial charge is 0.497 e. The number of rotatable bonds is 4. The summed E-state index contributed by atoms with van der Waals surface area (Å²) in [7, 11) is -2.59. The average Bonchev–Trinajstić information content (AvgIpc) is 2.47. The third-order valence-corrected chi connectivity index (χ3v) is 6.04. The number of carboxylic acids is 1. The van der Waals surface area contributed by atoms with Crippen molar-refractivity contribution in [1.82, 2.24) is 0 Å². The molecule has 1 aromatic carbocycles. The number of hydrogen-bond acceptors (Lipinski definition) is 5. The molecule has 0 unspecified atom stereocenters. The smallest absolute Gasteiger partial charge is 0.325 e. The number of hydrogen-bond donors (Lipinski definition) is 1. The molecule has 0 radical (unpaired) electrons. The second-order valence-electron chi connectivity index (χ2n) is 4.59. The zero-order valence-electron chi connectivity index (χ0n) is 11.0. The zero-order valence-corrected chi connectivity index (χ0v) is 11.9. The summed E-state index contributed by atoms with van der Waals surface area (Å²) in [5.41, 5.74) is 0. The first kappa shape index (κ1) is 14.8. The summed E-state index contributed by atoms with van der Waals surface area (Å²) in [4.78, 5) is 11.5. The topological polar surface area (TPSA) is 89.9 Å². The minimum Gasteiger partial charge on any atom is -0.497 e. The Morgan fingerprint density at radius 2 is 2.00 bits per heavy atom. The van der Waals surface area contributed by atoms with Crippen molar-refractivity contribution in [3.05, 3.63) is 24.3 Å². The predicted molar refractivity (Wildman–Crippen MR) is 70.6 cm³/mol. The van der Waals surface area contributed by atoms with E-state index in [1.54, 1.807) is 6.07 Å². The molecule has 0 amide bonds. The van der Waals surface area contributed by atoms with Gasteiger partial charge in [-0.3, -0.25) is 4.79 Å². The highest BCUT2D eigenvalue weighted by molar-refractivity contribution is 7.93. The van der Waals surface area contributed by atoms with Crippen LogP contribution >= 0.6 is 0 Å². The SMILES string of the molecule is COc1cccc(S(=O)(=O)C2(C(=O)O)CCOCC2)c1. The summed E-state index contributed by atoms with van der Waals surface area (Å²) in [6.45, 7) is 0.241. The molecule has 1 N–H and O–H groups in total. The van der Waals surface area contributed by atoms with Crippen LogP contribution in [0.5, 0.6) is 5.75 Å². The van der Waals surface area contributed by atoms with E-state index >= 15 is 0 Å². The van der Waals surface area contributed by atoms with Crippen LogP contribution in [0.25, 0.3) is 0 Å². The van der Waals surface area contributed by atoms with Gasteiger partial charge < -0.3 is 14.6 Å². The summed E-state index contributed by atoms with van der Waals surface area (Å²) in [5.74, 6) is -0.956. The molecule has 1 saturated heterocycles. The first-order chi connectivity index (χ1) is 9.44. The quantitative estimate of drug-likeness (QED) is 0.895. The molecule has 6 nitrogen and oxygen atoms in total. The molecule has 1 fully saturated rings. The third-order valence-electron chi connectivity index (χ3n) is 3.56. The van der Waals surface area contributed by atoms with Crippen molar-refractivity contribution >= 4 is 15.8 Å². The van der Waals surface area contributed by atoms with E-state index in [0.717, 1.165) is 0 Å². The fourth-order valence-corrected chi connectivity index (χ4v) is 4.21. The van der Waals surface area contributed by atoms with Gasteiger partial charge in [0.1, 0.15) is 5.75 Å². The van der Waals surface area contributed by atoms with Crippen LogP contribution in [0.2, 0.25) is 0 Å². The van der Waals surface area contributed by atoms with Gasteiger partial charge in [0, 0.05) is 26.1 Å². The van der Waals surface area contributed by atoms with Gasteiger partial charge in [-0.2, -0.15) is 0 Å². The molecule has 0 aromatic heterocycles. The van der Waals surface area contributed by atoms with Crippen LogP contribution in [0.3, 0.4) is 0 Å². The maximum absolute atomic E-state index is 12.7. The lowest BCUT2D eigenvalue weighted by atomic mass is 9.99. The Kier molecular flexibility index (Phi) is 4.01. The van der Waals surface area contributed by atoms with E-state index < -0.39 is 20.6 Å². The van der Waals surface area contributed by atoms with E-state index in [1.165, 1.54) is 25.3 Å². The van der Waals surface area contributed by atoms with Gasteiger partial charge in [-0.05, 0) is 18.2 Å². The standard InChI is InChI=1S/C13H16O6S/c1-18-10-3-2-4-11(9-10)20(16,17)13(12(14)15)5-7-19-8-6-13/h2-4,9H,5-8H2,1H3,(H,14,15). The van der Waals surface area contributed by atoms with Crippen molar-refractivity contribution in [2.24, 2.45) is 0 Å². The Morgan fingerprint density at radius 1 is 1.35 bits per heavy atom. The first-order valence-corrected chi connectivity index (χ1v) is 7.62. The minimum atomic E-state index is -4.02. The maximum atomic E-state index is 12.7. The van der Waals surface area contributed by atoms with Crippen molar-refractivity contribution in [2.75, 3.05) is 20.3 Å². The van der Waals surface area contributed by atoms with Crippen LogP contribution in [0, 0.1) is 0 Å². The highest BCUT2D eigenvalue weighted by Crippen LogP contribution is 2.36. The second-order valence-corrected chi connectivity index (χ2v) is 6.85. The summed E-state index contributed by atoms with van der Waals surface area (Å²) in [6, 6.07) is 5.87. The molecule has 1 aliphatic heterocycles. The van der Waals surface area contributed by atoms with E-state index in [0.29, 0.717) is 5.75 Å². The van der Waals surface area contributed by atoms with Gasteiger partial charge in [-0.1, -0.05) is 6.07 Å².